The fourth-order valence-corrected chi connectivity index (χ4v) is 3.93. The van der Waals surface area contributed by atoms with Crippen molar-refractivity contribution < 1.29 is 23.9 Å². The van der Waals surface area contributed by atoms with Gasteiger partial charge in [0.1, 0.15) is 17.9 Å². The minimum Gasteiger partial charge on any atom is -0.494 e. The highest BCUT2D eigenvalue weighted by Crippen LogP contribution is 2.28. The van der Waals surface area contributed by atoms with E-state index in [0.29, 0.717) is 23.6 Å². The van der Waals surface area contributed by atoms with Gasteiger partial charge < -0.3 is 14.0 Å². The second-order valence-electron chi connectivity index (χ2n) is 7.19. The molecule has 1 aromatic heterocycles. The molecule has 1 aliphatic rings. The summed E-state index contributed by atoms with van der Waals surface area (Å²) >= 11 is 5.28. The Balaban J connectivity index is 1.76. The molecule has 0 unspecified atom stereocenters. The number of aromatic nitrogens is 1. The smallest absolute Gasteiger partial charge is 0.325 e. The summed E-state index contributed by atoms with van der Waals surface area (Å²) in [6, 6.07) is 14.3. The molecule has 0 saturated carbocycles. The van der Waals surface area contributed by atoms with E-state index in [4.69, 9.17) is 21.7 Å². The van der Waals surface area contributed by atoms with E-state index < -0.39 is 17.8 Å². The minimum absolute atomic E-state index is 0.000755. The van der Waals surface area contributed by atoms with E-state index in [0.717, 1.165) is 10.9 Å². The second-order valence-corrected chi connectivity index (χ2v) is 7.58. The van der Waals surface area contributed by atoms with Gasteiger partial charge in [0.25, 0.3) is 11.8 Å². The van der Waals surface area contributed by atoms with Crippen LogP contribution in [0.5, 0.6) is 5.75 Å². The SMILES string of the molecule is CCOc1cccc(N2C(=O)C(=Cc3cn(CC(=O)OC)c4ccccc34)C(=O)NC2=S)c1. The zero-order valence-electron chi connectivity index (χ0n) is 18.0. The third kappa shape index (κ3) is 4.35. The van der Waals surface area contributed by atoms with Gasteiger partial charge in [-0.1, -0.05) is 24.3 Å². The Morgan fingerprint density at radius 3 is 2.70 bits per heavy atom. The highest BCUT2D eigenvalue weighted by atomic mass is 32.1. The molecule has 2 heterocycles. The number of amides is 2. The first-order valence-corrected chi connectivity index (χ1v) is 10.6. The van der Waals surface area contributed by atoms with Gasteiger partial charge in [0.15, 0.2) is 5.11 Å². The quantitative estimate of drug-likeness (QED) is 0.262. The fourth-order valence-electron chi connectivity index (χ4n) is 3.65. The van der Waals surface area contributed by atoms with Crippen LogP contribution in [0, 0.1) is 0 Å². The third-order valence-corrected chi connectivity index (χ3v) is 5.42. The van der Waals surface area contributed by atoms with Crippen molar-refractivity contribution in [1.82, 2.24) is 9.88 Å². The minimum atomic E-state index is -0.591. The van der Waals surface area contributed by atoms with Crippen molar-refractivity contribution in [2.24, 2.45) is 0 Å². The van der Waals surface area contributed by atoms with Gasteiger partial charge in [0.2, 0.25) is 0 Å². The predicted molar refractivity (Wildman–Crippen MR) is 128 cm³/mol. The van der Waals surface area contributed by atoms with Crippen molar-refractivity contribution >= 4 is 57.8 Å². The summed E-state index contributed by atoms with van der Waals surface area (Å²) in [4.78, 5) is 39.2. The predicted octanol–water partition coefficient (Wildman–Crippen LogP) is 3.04. The third-order valence-electron chi connectivity index (χ3n) is 5.13. The van der Waals surface area contributed by atoms with Crippen LogP contribution in [0.2, 0.25) is 0 Å². The normalized spacial score (nSPS) is 15.2. The van der Waals surface area contributed by atoms with E-state index in [2.05, 4.69) is 5.32 Å². The Labute approximate surface area is 195 Å². The number of para-hydroxylation sites is 1. The molecule has 4 rings (SSSR count). The molecule has 33 heavy (non-hydrogen) atoms. The van der Waals surface area contributed by atoms with E-state index in [-0.39, 0.29) is 17.2 Å². The molecule has 0 spiro atoms. The number of carbonyl (C=O) groups excluding carboxylic acids is 3. The zero-order chi connectivity index (χ0) is 23.5. The molecule has 2 aromatic carbocycles. The lowest BCUT2D eigenvalue weighted by Gasteiger charge is -2.29. The largest absolute Gasteiger partial charge is 0.494 e. The van der Waals surface area contributed by atoms with Crippen molar-refractivity contribution in [1.29, 1.82) is 0 Å². The van der Waals surface area contributed by atoms with Crippen molar-refractivity contribution in [3.05, 3.63) is 65.9 Å². The summed E-state index contributed by atoms with van der Waals surface area (Å²) in [5.41, 5.74) is 1.79. The standard InChI is InChI=1S/C24H21N3O5S/c1-3-32-17-8-6-7-16(12-17)27-23(30)19(22(29)25-24(27)33)11-15-13-26(14-21(28)31-2)20-10-5-4-9-18(15)20/h4-13H,3,14H2,1-2H3,(H,25,29,33). The molecule has 1 aliphatic heterocycles. The number of carbonyl (C=O) groups is 3. The van der Waals surface area contributed by atoms with Gasteiger partial charge in [-0.3, -0.25) is 24.6 Å². The fraction of sp³-hybridized carbons (Fsp3) is 0.167. The van der Waals surface area contributed by atoms with Crippen LogP contribution in [0.4, 0.5) is 5.69 Å². The van der Waals surface area contributed by atoms with Crippen molar-refractivity contribution in [2.75, 3.05) is 18.6 Å². The summed E-state index contributed by atoms with van der Waals surface area (Å²) in [6.07, 6.45) is 3.22. The van der Waals surface area contributed by atoms with Crippen LogP contribution in [0.15, 0.2) is 60.3 Å². The van der Waals surface area contributed by atoms with Gasteiger partial charge in [0, 0.05) is 28.7 Å². The topological polar surface area (TPSA) is 89.9 Å². The molecule has 1 fully saturated rings. The summed E-state index contributed by atoms with van der Waals surface area (Å²) < 4.78 is 12.0. The highest BCUT2D eigenvalue weighted by Gasteiger charge is 2.35. The Morgan fingerprint density at radius 1 is 1.15 bits per heavy atom. The molecule has 1 N–H and O–H groups in total. The lowest BCUT2D eigenvalue weighted by Crippen LogP contribution is -2.54. The number of nitrogens with one attached hydrogen (secondary N) is 1. The van der Waals surface area contributed by atoms with E-state index >= 15 is 0 Å². The lowest BCUT2D eigenvalue weighted by atomic mass is 10.1. The number of fused-ring (bicyclic) bond motifs is 1. The van der Waals surface area contributed by atoms with Crippen LogP contribution in [-0.4, -0.2) is 41.2 Å². The number of nitrogens with zero attached hydrogens (tertiary/aromatic N) is 2. The van der Waals surface area contributed by atoms with Crippen LogP contribution >= 0.6 is 12.2 Å². The van der Waals surface area contributed by atoms with Gasteiger partial charge >= 0.3 is 5.97 Å². The maximum absolute atomic E-state index is 13.4. The maximum atomic E-state index is 13.4. The first kappa shape index (κ1) is 22.2. The molecule has 8 nitrogen and oxygen atoms in total. The summed E-state index contributed by atoms with van der Waals surface area (Å²) in [5.74, 6) is -0.972. The van der Waals surface area contributed by atoms with Crippen molar-refractivity contribution in [3.63, 3.8) is 0 Å². The van der Waals surface area contributed by atoms with Crippen LogP contribution < -0.4 is 15.0 Å². The van der Waals surface area contributed by atoms with Crippen LogP contribution in [0.1, 0.15) is 12.5 Å². The van der Waals surface area contributed by atoms with Gasteiger partial charge in [-0.2, -0.15) is 0 Å². The van der Waals surface area contributed by atoms with Crippen molar-refractivity contribution in [2.45, 2.75) is 13.5 Å². The second kappa shape index (κ2) is 9.25. The Kier molecular flexibility index (Phi) is 6.23. The van der Waals surface area contributed by atoms with E-state index in [1.54, 1.807) is 35.0 Å². The first-order valence-electron chi connectivity index (χ1n) is 10.2. The Bertz CT molecular complexity index is 1310. The number of thiocarbonyl (C=S) groups is 1. The van der Waals surface area contributed by atoms with Gasteiger partial charge in [0.05, 0.1) is 19.4 Å². The van der Waals surface area contributed by atoms with Gasteiger partial charge in [-0.25, -0.2) is 0 Å². The number of esters is 1. The Morgan fingerprint density at radius 2 is 1.94 bits per heavy atom. The number of anilines is 1. The number of methoxy groups -OCH3 is 1. The van der Waals surface area contributed by atoms with E-state index in [1.807, 2.05) is 31.2 Å². The number of rotatable bonds is 6. The van der Waals surface area contributed by atoms with Crippen LogP contribution in [0.25, 0.3) is 17.0 Å². The number of benzene rings is 2. The molecular weight excluding hydrogens is 442 g/mol. The molecule has 0 radical (unpaired) electrons. The Hall–Kier alpha value is -3.98. The molecule has 0 aliphatic carbocycles. The summed E-state index contributed by atoms with van der Waals surface area (Å²) in [7, 11) is 1.32. The highest BCUT2D eigenvalue weighted by molar-refractivity contribution is 7.80. The van der Waals surface area contributed by atoms with Gasteiger partial charge in [-0.05, 0) is 43.4 Å². The molecule has 0 atom stereocenters. The maximum Gasteiger partial charge on any atom is 0.325 e. The monoisotopic (exact) mass is 463 g/mol. The molecule has 1 saturated heterocycles. The molecule has 0 bridgehead atoms. The molecular formula is C24H21N3O5S. The molecule has 9 heteroatoms. The first-order chi connectivity index (χ1) is 15.9. The summed E-state index contributed by atoms with van der Waals surface area (Å²) in [6.45, 7) is 2.33. The average molecular weight is 464 g/mol. The number of hydrogen-bond acceptors (Lipinski definition) is 6. The van der Waals surface area contributed by atoms with Crippen LogP contribution in [0.3, 0.4) is 0 Å². The van der Waals surface area contributed by atoms with Gasteiger partial charge in [-0.15, -0.1) is 0 Å². The number of hydrogen-bond donors (Lipinski definition) is 1. The zero-order valence-corrected chi connectivity index (χ0v) is 18.8. The van der Waals surface area contributed by atoms with Crippen molar-refractivity contribution in [3.8, 4) is 5.75 Å². The molecule has 168 valence electrons. The average Bonchev–Trinajstić information content (AvgIpc) is 3.14. The number of ether oxygens (including phenoxy) is 2. The van der Waals surface area contributed by atoms with E-state index in [9.17, 15) is 14.4 Å². The van der Waals surface area contributed by atoms with E-state index in [1.165, 1.54) is 18.1 Å². The molecule has 2 amide bonds. The van der Waals surface area contributed by atoms with Crippen LogP contribution in [-0.2, 0) is 25.7 Å². The lowest BCUT2D eigenvalue weighted by molar-refractivity contribution is -0.141. The molecule has 3 aromatic rings. The summed E-state index contributed by atoms with van der Waals surface area (Å²) in [5, 5.41) is 3.36.